The third-order valence-electron chi connectivity index (χ3n) is 6.26. The van der Waals surface area contributed by atoms with Crippen LogP contribution in [0.25, 0.3) is 5.69 Å². The zero-order valence-electron chi connectivity index (χ0n) is 19.1. The van der Waals surface area contributed by atoms with Crippen molar-refractivity contribution < 1.29 is 4.39 Å². The van der Waals surface area contributed by atoms with Crippen molar-refractivity contribution in [1.29, 1.82) is 0 Å². The van der Waals surface area contributed by atoms with Gasteiger partial charge in [-0.25, -0.2) is 9.07 Å². The minimum Gasteiger partial charge on any atom is -0.306 e. The molecular weight excluding hydrogens is 385 g/mol. The molecule has 0 unspecified atom stereocenters. The Kier molecular flexibility index (Phi) is 5.85. The van der Waals surface area contributed by atoms with Gasteiger partial charge in [0.2, 0.25) is 0 Å². The Balaban J connectivity index is 1.46. The Morgan fingerprint density at radius 3 is 2.32 bits per heavy atom. The van der Waals surface area contributed by atoms with Gasteiger partial charge in [-0.05, 0) is 61.1 Å². The van der Waals surface area contributed by atoms with E-state index in [1.54, 1.807) is 0 Å². The van der Waals surface area contributed by atoms with Gasteiger partial charge in [0, 0.05) is 29.8 Å². The maximum Gasteiger partial charge on any atom is 0.123 e. The van der Waals surface area contributed by atoms with Crippen molar-refractivity contribution in [2.45, 2.75) is 65.0 Å². The summed E-state index contributed by atoms with van der Waals surface area (Å²) in [5.41, 5.74) is 7.28. The molecule has 0 aliphatic heterocycles. The first-order chi connectivity index (χ1) is 14.7. The molecule has 4 rings (SSSR count). The van der Waals surface area contributed by atoms with Crippen molar-refractivity contribution in [3.8, 4) is 5.69 Å². The van der Waals surface area contributed by atoms with Crippen LogP contribution >= 0.6 is 0 Å². The molecule has 0 fully saturated rings. The molecular formula is C27H32FN3. The molecule has 1 aliphatic carbocycles. The summed E-state index contributed by atoms with van der Waals surface area (Å²) in [5.74, 6) is 0.161. The number of benzene rings is 2. The minimum atomic E-state index is -0.194. The number of hydrogen-bond acceptors (Lipinski definition) is 2. The van der Waals surface area contributed by atoms with Crippen molar-refractivity contribution >= 4 is 0 Å². The van der Waals surface area contributed by atoms with Gasteiger partial charge in [-0.1, -0.05) is 57.2 Å². The molecule has 1 heterocycles. The van der Waals surface area contributed by atoms with Gasteiger partial charge in [-0.3, -0.25) is 0 Å². The average Bonchev–Trinajstić information content (AvgIpc) is 3.30. The second-order valence-corrected chi connectivity index (χ2v) is 9.63. The first-order valence-corrected chi connectivity index (χ1v) is 11.1. The Morgan fingerprint density at radius 2 is 1.68 bits per heavy atom. The van der Waals surface area contributed by atoms with Crippen molar-refractivity contribution in [2.24, 2.45) is 0 Å². The van der Waals surface area contributed by atoms with Crippen LogP contribution in [0.3, 0.4) is 0 Å². The van der Waals surface area contributed by atoms with E-state index in [0.29, 0.717) is 12.0 Å². The monoisotopic (exact) mass is 417 g/mol. The van der Waals surface area contributed by atoms with Crippen LogP contribution in [0.5, 0.6) is 0 Å². The Morgan fingerprint density at radius 1 is 1.00 bits per heavy atom. The predicted octanol–water partition coefficient (Wildman–Crippen LogP) is 6.13. The molecule has 2 aromatic carbocycles. The average molecular weight is 418 g/mol. The van der Waals surface area contributed by atoms with E-state index in [4.69, 9.17) is 5.10 Å². The fourth-order valence-corrected chi connectivity index (χ4v) is 4.46. The Hall–Kier alpha value is -2.72. The molecule has 1 N–H and O–H groups in total. The van der Waals surface area contributed by atoms with Gasteiger partial charge < -0.3 is 5.32 Å². The van der Waals surface area contributed by atoms with Gasteiger partial charge in [0.05, 0.1) is 11.4 Å². The van der Waals surface area contributed by atoms with Gasteiger partial charge in [-0.2, -0.15) is 5.10 Å². The van der Waals surface area contributed by atoms with E-state index >= 15 is 0 Å². The van der Waals surface area contributed by atoms with Crippen LogP contribution in [0, 0.1) is 19.7 Å². The summed E-state index contributed by atoms with van der Waals surface area (Å²) in [6, 6.07) is 15.8. The summed E-state index contributed by atoms with van der Waals surface area (Å²) in [4.78, 5) is 0. The first kappa shape index (κ1) is 21.5. The third-order valence-corrected chi connectivity index (χ3v) is 6.26. The number of hydrogen-bond donors (Lipinski definition) is 1. The van der Waals surface area contributed by atoms with Crippen molar-refractivity contribution in [3.63, 3.8) is 0 Å². The molecule has 2 atom stereocenters. The molecule has 162 valence electrons. The van der Waals surface area contributed by atoms with Crippen LogP contribution in [0.2, 0.25) is 0 Å². The lowest BCUT2D eigenvalue weighted by Crippen LogP contribution is -2.25. The highest BCUT2D eigenvalue weighted by atomic mass is 19.1. The van der Waals surface area contributed by atoms with E-state index in [9.17, 15) is 4.39 Å². The highest BCUT2D eigenvalue weighted by molar-refractivity contribution is 5.43. The number of allylic oxidation sites excluding steroid dienone is 1. The standard InChI is InChI=1S/C27H32FN3/c1-18-26(19(2)31(30-18)25-14-9-22(10-15-25)27(3,4)5)21-8-13-24(16-21)29-17-20-6-11-23(28)12-7-20/h6-15,21,24,29H,16-17H2,1-5H3/t21-,24-/m1/s1. The molecule has 3 aromatic rings. The largest absolute Gasteiger partial charge is 0.306 e. The third kappa shape index (κ3) is 4.64. The maximum absolute atomic E-state index is 13.1. The van der Waals surface area contributed by atoms with Crippen molar-refractivity contribution in [1.82, 2.24) is 15.1 Å². The lowest BCUT2D eigenvalue weighted by atomic mass is 9.87. The van der Waals surface area contributed by atoms with E-state index in [2.05, 4.69) is 81.0 Å². The van der Waals surface area contributed by atoms with Gasteiger partial charge in [0.1, 0.15) is 5.82 Å². The summed E-state index contributed by atoms with van der Waals surface area (Å²) in [5, 5.41) is 8.45. The fraction of sp³-hybridized carbons (Fsp3) is 0.370. The number of nitrogens with one attached hydrogen (secondary N) is 1. The predicted molar refractivity (Wildman–Crippen MR) is 125 cm³/mol. The van der Waals surface area contributed by atoms with E-state index in [1.807, 2.05) is 12.1 Å². The van der Waals surface area contributed by atoms with Crippen LogP contribution in [0.4, 0.5) is 4.39 Å². The van der Waals surface area contributed by atoms with Crippen LogP contribution in [0.15, 0.2) is 60.7 Å². The minimum absolute atomic E-state index is 0.142. The molecule has 0 saturated heterocycles. The molecule has 31 heavy (non-hydrogen) atoms. The zero-order chi connectivity index (χ0) is 22.2. The fourth-order valence-electron chi connectivity index (χ4n) is 4.46. The van der Waals surface area contributed by atoms with Crippen LogP contribution in [-0.2, 0) is 12.0 Å². The van der Waals surface area contributed by atoms with E-state index in [-0.39, 0.29) is 11.2 Å². The molecule has 1 aliphatic rings. The highest BCUT2D eigenvalue weighted by Crippen LogP contribution is 2.34. The van der Waals surface area contributed by atoms with Crippen LogP contribution in [-0.4, -0.2) is 15.8 Å². The van der Waals surface area contributed by atoms with E-state index in [0.717, 1.165) is 29.9 Å². The second-order valence-electron chi connectivity index (χ2n) is 9.63. The normalized spacial score (nSPS) is 18.6. The molecule has 0 saturated carbocycles. The van der Waals surface area contributed by atoms with Gasteiger partial charge >= 0.3 is 0 Å². The molecule has 0 amide bonds. The quantitative estimate of drug-likeness (QED) is 0.506. The topological polar surface area (TPSA) is 29.9 Å². The maximum atomic E-state index is 13.1. The lowest BCUT2D eigenvalue weighted by molar-refractivity contribution is 0.558. The van der Waals surface area contributed by atoms with Gasteiger partial charge in [0.25, 0.3) is 0 Å². The van der Waals surface area contributed by atoms with Gasteiger partial charge in [0.15, 0.2) is 0 Å². The summed E-state index contributed by atoms with van der Waals surface area (Å²) in [6.45, 7) is 11.7. The molecule has 0 bridgehead atoms. The summed E-state index contributed by atoms with van der Waals surface area (Å²) < 4.78 is 15.2. The highest BCUT2D eigenvalue weighted by Gasteiger charge is 2.26. The second kappa shape index (κ2) is 8.43. The SMILES string of the molecule is Cc1nn(-c2ccc(C(C)(C)C)cc2)c(C)c1[C@@H]1C=C[C@@H](NCc2ccc(F)cc2)C1. The lowest BCUT2D eigenvalue weighted by Gasteiger charge is -2.19. The number of nitrogens with zero attached hydrogens (tertiary/aromatic N) is 2. The Labute approximate surface area is 185 Å². The molecule has 0 spiro atoms. The number of halogens is 1. The smallest absolute Gasteiger partial charge is 0.123 e. The number of aromatic nitrogens is 2. The van der Waals surface area contributed by atoms with Crippen LogP contribution < -0.4 is 5.32 Å². The molecule has 3 nitrogen and oxygen atoms in total. The number of rotatable bonds is 5. The Bertz CT molecular complexity index is 1070. The van der Waals surface area contributed by atoms with Crippen molar-refractivity contribution in [3.05, 3.63) is 94.6 Å². The van der Waals surface area contributed by atoms with Crippen LogP contribution in [0.1, 0.15) is 61.2 Å². The number of aryl methyl sites for hydroxylation is 1. The molecule has 1 aromatic heterocycles. The van der Waals surface area contributed by atoms with Crippen molar-refractivity contribution in [2.75, 3.05) is 0 Å². The zero-order valence-corrected chi connectivity index (χ0v) is 19.1. The summed E-state index contributed by atoms with van der Waals surface area (Å²) in [7, 11) is 0. The molecule has 4 heteroatoms. The van der Waals surface area contributed by atoms with E-state index in [1.165, 1.54) is 29.0 Å². The molecule has 0 radical (unpaired) electrons. The van der Waals surface area contributed by atoms with Gasteiger partial charge in [-0.15, -0.1) is 0 Å². The summed E-state index contributed by atoms with van der Waals surface area (Å²) in [6.07, 6.45) is 5.56. The first-order valence-electron chi connectivity index (χ1n) is 11.1. The van der Waals surface area contributed by atoms with E-state index < -0.39 is 0 Å². The summed E-state index contributed by atoms with van der Waals surface area (Å²) >= 11 is 0.